The van der Waals surface area contributed by atoms with Crippen LogP contribution in [0.4, 0.5) is 0 Å². The van der Waals surface area contributed by atoms with Crippen molar-refractivity contribution in [3.8, 4) is 0 Å². The van der Waals surface area contributed by atoms with Gasteiger partial charge < -0.3 is 10.2 Å². The fraction of sp³-hybridized carbons (Fsp3) is 0.923. The third-order valence-corrected chi connectivity index (χ3v) is 4.20. The Labute approximate surface area is 105 Å². The molecule has 1 N–H and O–H groups in total. The molecule has 3 heteroatoms. The molecule has 0 unspecified atom stereocenters. The lowest BCUT2D eigenvalue weighted by Gasteiger charge is -2.30. The minimum atomic E-state index is 0.657. The van der Waals surface area contributed by atoms with Crippen LogP contribution in [0.2, 0.25) is 0 Å². The van der Waals surface area contributed by atoms with Crippen LogP contribution < -0.4 is 5.32 Å². The van der Waals surface area contributed by atoms with Crippen LogP contribution in [0.15, 0.2) is 0 Å². The molecule has 0 aromatic carbocycles. The number of nitrogens with zero attached hydrogens (tertiary/aromatic N) is 1. The number of likely N-dealkylation sites (tertiary alicyclic amines) is 1. The Morgan fingerprint density at radius 2 is 1.44 bits per heavy atom. The third kappa shape index (κ3) is 3.62. The van der Waals surface area contributed by atoms with E-state index in [4.69, 9.17) is 12.2 Å². The topological polar surface area (TPSA) is 15.3 Å². The summed E-state index contributed by atoms with van der Waals surface area (Å²) in [6.07, 6.45) is 12.2. The van der Waals surface area contributed by atoms with Crippen molar-refractivity contribution in [1.82, 2.24) is 10.2 Å². The monoisotopic (exact) mass is 240 g/mol. The first-order valence-corrected chi connectivity index (χ1v) is 7.32. The average Bonchev–Trinajstić information content (AvgIpc) is 2.59. The van der Waals surface area contributed by atoms with Crippen LogP contribution >= 0.6 is 12.2 Å². The molecule has 0 radical (unpaired) electrons. The molecule has 92 valence electrons. The van der Waals surface area contributed by atoms with Crippen LogP contribution in [-0.4, -0.2) is 29.1 Å². The minimum absolute atomic E-state index is 0.657. The van der Waals surface area contributed by atoms with Crippen molar-refractivity contribution in [2.24, 2.45) is 0 Å². The van der Waals surface area contributed by atoms with Gasteiger partial charge in [0.2, 0.25) is 0 Å². The zero-order valence-corrected chi connectivity index (χ0v) is 11.0. The van der Waals surface area contributed by atoms with Gasteiger partial charge in [0.1, 0.15) is 0 Å². The van der Waals surface area contributed by atoms with E-state index >= 15 is 0 Å². The fourth-order valence-corrected chi connectivity index (χ4v) is 3.14. The Hall–Kier alpha value is -0.310. The van der Waals surface area contributed by atoms with Crippen molar-refractivity contribution >= 4 is 17.3 Å². The van der Waals surface area contributed by atoms with Gasteiger partial charge in [-0.1, -0.05) is 32.1 Å². The van der Waals surface area contributed by atoms with Crippen LogP contribution in [0.3, 0.4) is 0 Å². The first-order valence-electron chi connectivity index (χ1n) is 6.92. The highest BCUT2D eigenvalue weighted by atomic mass is 32.1. The maximum Gasteiger partial charge on any atom is 0.169 e. The van der Waals surface area contributed by atoms with Crippen LogP contribution in [0.1, 0.15) is 57.8 Å². The molecule has 2 rings (SSSR count). The van der Waals surface area contributed by atoms with Gasteiger partial charge >= 0.3 is 0 Å². The highest BCUT2D eigenvalue weighted by molar-refractivity contribution is 7.80. The maximum absolute atomic E-state index is 5.53. The number of thiocarbonyl (C=S) groups is 1. The smallest absolute Gasteiger partial charge is 0.169 e. The molecule has 1 heterocycles. The molecule has 2 nitrogen and oxygen atoms in total. The minimum Gasteiger partial charge on any atom is -0.360 e. The molecule has 2 fully saturated rings. The summed E-state index contributed by atoms with van der Waals surface area (Å²) in [4.78, 5) is 2.39. The van der Waals surface area contributed by atoms with Crippen LogP contribution in [0, 0.1) is 0 Å². The summed E-state index contributed by atoms with van der Waals surface area (Å²) < 4.78 is 0. The molecule has 0 amide bonds. The Kier molecular flexibility index (Phi) is 4.89. The van der Waals surface area contributed by atoms with Crippen molar-refractivity contribution in [1.29, 1.82) is 0 Å². The maximum atomic E-state index is 5.53. The van der Waals surface area contributed by atoms with Gasteiger partial charge in [-0.3, -0.25) is 0 Å². The van der Waals surface area contributed by atoms with Crippen LogP contribution in [-0.2, 0) is 0 Å². The van der Waals surface area contributed by atoms with Gasteiger partial charge in [-0.15, -0.1) is 0 Å². The molecule has 1 saturated carbocycles. The molecule has 16 heavy (non-hydrogen) atoms. The molecule has 1 aliphatic heterocycles. The van der Waals surface area contributed by atoms with Crippen molar-refractivity contribution < 1.29 is 0 Å². The van der Waals surface area contributed by atoms with Gasteiger partial charge in [-0.05, 0) is 37.9 Å². The van der Waals surface area contributed by atoms with Crippen molar-refractivity contribution in [3.63, 3.8) is 0 Å². The molecule has 0 spiro atoms. The van der Waals surface area contributed by atoms with E-state index in [0.29, 0.717) is 6.04 Å². The van der Waals surface area contributed by atoms with Gasteiger partial charge in [-0.25, -0.2) is 0 Å². The van der Waals surface area contributed by atoms with E-state index in [1.165, 1.54) is 70.9 Å². The van der Waals surface area contributed by atoms with Crippen LogP contribution in [0.25, 0.3) is 0 Å². The number of hydrogen-bond donors (Lipinski definition) is 1. The first kappa shape index (κ1) is 12.2. The standard InChI is InChI=1S/C13H24N2S/c16-13(14-12-8-4-3-5-9-12)15-10-6-1-2-7-11-15/h12H,1-11H2,(H,14,16). The second kappa shape index (κ2) is 6.43. The quantitative estimate of drug-likeness (QED) is 0.709. The SMILES string of the molecule is S=C(NC1CCCCC1)N1CCCCCC1. The predicted octanol–water partition coefficient (Wildman–Crippen LogP) is 3.07. The van der Waals surface area contributed by atoms with E-state index in [1.54, 1.807) is 0 Å². The fourth-order valence-electron chi connectivity index (χ4n) is 2.79. The zero-order chi connectivity index (χ0) is 11.2. The molecule has 0 bridgehead atoms. The highest BCUT2D eigenvalue weighted by Crippen LogP contribution is 2.18. The second-order valence-electron chi connectivity index (χ2n) is 5.19. The van der Waals surface area contributed by atoms with Crippen molar-refractivity contribution in [3.05, 3.63) is 0 Å². The third-order valence-electron chi connectivity index (χ3n) is 3.83. The largest absolute Gasteiger partial charge is 0.360 e. The Morgan fingerprint density at radius 1 is 0.875 bits per heavy atom. The predicted molar refractivity (Wildman–Crippen MR) is 72.6 cm³/mol. The number of nitrogens with one attached hydrogen (secondary N) is 1. The van der Waals surface area contributed by atoms with E-state index in [0.717, 1.165) is 5.11 Å². The van der Waals surface area contributed by atoms with Gasteiger partial charge in [0.05, 0.1) is 0 Å². The summed E-state index contributed by atoms with van der Waals surface area (Å²) in [5.74, 6) is 0. The molecule has 0 aromatic heterocycles. The zero-order valence-electron chi connectivity index (χ0n) is 10.2. The lowest BCUT2D eigenvalue weighted by Crippen LogP contribution is -2.45. The lowest BCUT2D eigenvalue weighted by atomic mass is 9.96. The van der Waals surface area contributed by atoms with Gasteiger partial charge in [0, 0.05) is 19.1 Å². The highest BCUT2D eigenvalue weighted by Gasteiger charge is 2.17. The Morgan fingerprint density at radius 3 is 2.06 bits per heavy atom. The molecular formula is C13H24N2S. The normalized spacial score (nSPS) is 23.9. The summed E-state index contributed by atoms with van der Waals surface area (Å²) in [6.45, 7) is 2.33. The molecule has 1 saturated heterocycles. The molecule has 1 aliphatic carbocycles. The van der Waals surface area contributed by atoms with E-state index in [1.807, 2.05) is 0 Å². The molecule has 2 aliphatic rings. The van der Waals surface area contributed by atoms with Gasteiger partial charge in [-0.2, -0.15) is 0 Å². The van der Waals surface area contributed by atoms with Crippen molar-refractivity contribution in [2.45, 2.75) is 63.8 Å². The van der Waals surface area contributed by atoms with E-state index in [-0.39, 0.29) is 0 Å². The first-order chi connectivity index (χ1) is 7.86. The van der Waals surface area contributed by atoms with E-state index in [2.05, 4.69) is 10.2 Å². The Balaban J connectivity index is 1.76. The summed E-state index contributed by atoms with van der Waals surface area (Å²) in [7, 11) is 0. The number of rotatable bonds is 1. The summed E-state index contributed by atoms with van der Waals surface area (Å²) >= 11 is 5.53. The average molecular weight is 240 g/mol. The summed E-state index contributed by atoms with van der Waals surface area (Å²) in [6, 6.07) is 0.657. The van der Waals surface area contributed by atoms with Gasteiger partial charge in [0.25, 0.3) is 0 Å². The molecule has 0 aromatic rings. The summed E-state index contributed by atoms with van der Waals surface area (Å²) in [5, 5.41) is 4.60. The lowest BCUT2D eigenvalue weighted by molar-refractivity contribution is 0.377. The van der Waals surface area contributed by atoms with Crippen LogP contribution in [0.5, 0.6) is 0 Å². The van der Waals surface area contributed by atoms with E-state index in [9.17, 15) is 0 Å². The number of hydrogen-bond acceptors (Lipinski definition) is 1. The molecule has 0 atom stereocenters. The summed E-state index contributed by atoms with van der Waals surface area (Å²) in [5.41, 5.74) is 0. The molecular weight excluding hydrogens is 216 g/mol. The Bertz CT molecular complexity index is 216. The van der Waals surface area contributed by atoms with Crippen molar-refractivity contribution in [2.75, 3.05) is 13.1 Å². The van der Waals surface area contributed by atoms with E-state index < -0.39 is 0 Å². The second-order valence-corrected chi connectivity index (χ2v) is 5.57. The van der Waals surface area contributed by atoms with Gasteiger partial charge in [0.15, 0.2) is 5.11 Å².